The summed E-state index contributed by atoms with van der Waals surface area (Å²) in [6, 6.07) is 5.39. The van der Waals surface area contributed by atoms with E-state index in [0.717, 1.165) is 18.3 Å². The van der Waals surface area contributed by atoms with Crippen LogP contribution in [0.3, 0.4) is 0 Å². The molecule has 0 aliphatic heterocycles. The second kappa shape index (κ2) is 5.21. The van der Waals surface area contributed by atoms with Crippen LogP contribution >= 0.6 is 15.9 Å². The average molecular weight is 269 g/mol. The van der Waals surface area contributed by atoms with E-state index < -0.39 is 0 Å². The van der Waals surface area contributed by atoms with Crippen molar-refractivity contribution in [2.24, 2.45) is 0 Å². The molecule has 1 atom stereocenters. The monoisotopic (exact) mass is 268 g/mol. The third-order valence-electron chi connectivity index (χ3n) is 2.32. The van der Waals surface area contributed by atoms with Crippen molar-refractivity contribution in [3.63, 3.8) is 0 Å². The Morgan fingerprint density at radius 3 is 2.67 bits per heavy atom. The van der Waals surface area contributed by atoms with E-state index in [1.165, 1.54) is 0 Å². The first-order chi connectivity index (χ1) is 7.11. The lowest BCUT2D eigenvalue weighted by Crippen LogP contribution is -2.13. The third kappa shape index (κ3) is 2.53. The average Bonchev–Trinajstić information content (AvgIpc) is 2.26. The number of aldehydes is 1. The highest BCUT2D eigenvalue weighted by Gasteiger charge is 2.17. The van der Waals surface area contributed by atoms with E-state index >= 15 is 0 Å². The summed E-state index contributed by atoms with van der Waals surface area (Å²) in [5.41, 5.74) is 1.95. The van der Waals surface area contributed by atoms with Crippen LogP contribution in [0.15, 0.2) is 18.2 Å². The molecule has 0 N–H and O–H groups in total. The topological polar surface area (TPSA) is 34.1 Å². The first-order valence-corrected chi connectivity index (χ1v) is 5.78. The zero-order chi connectivity index (χ0) is 11.4. The Morgan fingerprint density at radius 1 is 1.53 bits per heavy atom. The first-order valence-electron chi connectivity index (χ1n) is 4.87. The number of ketones is 1. The SMILES string of the molecule is CCc1cccc(C(=O)C(C)Br)c1C=O. The van der Waals surface area contributed by atoms with Crippen molar-refractivity contribution in [1.29, 1.82) is 0 Å². The minimum absolute atomic E-state index is 0.0487. The molecule has 3 heteroatoms. The van der Waals surface area contributed by atoms with Gasteiger partial charge in [0.1, 0.15) is 0 Å². The molecule has 0 bridgehead atoms. The van der Waals surface area contributed by atoms with Gasteiger partial charge in [0.2, 0.25) is 0 Å². The number of aryl methyl sites for hydroxylation is 1. The van der Waals surface area contributed by atoms with Gasteiger partial charge < -0.3 is 0 Å². The van der Waals surface area contributed by atoms with Crippen molar-refractivity contribution in [3.8, 4) is 0 Å². The molecule has 1 rings (SSSR count). The Kier molecular flexibility index (Phi) is 4.21. The van der Waals surface area contributed by atoms with E-state index in [-0.39, 0.29) is 10.6 Å². The summed E-state index contributed by atoms with van der Waals surface area (Å²) in [6.07, 6.45) is 1.52. The Balaban J connectivity index is 3.29. The van der Waals surface area contributed by atoms with Gasteiger partial charge in [-0.05, 0) is 18.9 Å². The van der Waals surface area contributed by atoms with Gasteiger partial charge in [0.15, 0.2) is 12.1 Å². The van der Waals surface area contributed by atoms with Crippen LogP contribution in [0, 0.1) is 0 Å². The molecule has 0 heterocycles. The van der Waals surface area contributed by atoms with Gasteiger partial charge in [0, 0.05) is 11.1 Å². The van der Waals surface area contributed by atoms with Crippen molar-refractivity contribution in [1.82, 2.24) is 0 Å². The molecule has 80 valence electrons. The lowest BCUT2D eigenvalue weighted by atomic mass is 9.96. The summed E-state index contributed by atoms with van der Waals surface area (Å²) in [5.74, 6) is -0.0487. The van der Waals surface area contributed by atoms with Crippen molar-refractivity contribution in [2.45, 2.75) is 25.1 Å². The zero-order valence-electron chi connectivity index (χ0n) is 8.79. The van der Waals surface area contributed by atoms with Crippen LogP contribution in [0.2, 0.25) is 0 Å². The third-order valence-corrected chi connectivity index (χ3v) is 2.74. The van der Waals surface area contributed by atoms with Crippen LogP contribution in [0.1, 0.15) is 40.1 Å². The van der Waals surface area contributed by atoms with Crippen molar-refractivity contribution in [3.05, 3.63) is 34.9 Å². The number of Topliss-reactive ketones (excluding diaryl/α,β-unsaturated/α-hetero) is 1. The molecule has 0 aromatic heterocycles. The number of alkyl halides is 1. The number of carbonyl (C=O) groups is 2. The summed E-state index contributed by atoms with van der Waals surface area (Å²) in [7, 11) is 0. The van der Waals surface area contributed by atoms with E-state index in [0.29, 0.717) is 11.1 Å². The Morgan fingerprint density at radius 2 is 2.20 bits per heavy atom. The summed E-state index contributed by atoms with van der Waals surface area (Å²) in [6.45, 7) is 3.73. The highest BCUT2D eigenvalue weighted by atomic mass is 79.9. The van der Waals surface area contributed by atoms with Crippen LogP contribution in [-0.4, -0.2) is 16.9 Å². The molecular weight excluding hydrogens is 256 g/mol. The number of carbonyl (C=O) groups excluding carboxylic acids is 2. The quantitative estimate of drug-likeness (QED) is 0.478. The first kappa shape index (κ1) is 12.1. The molecule has 0 spiro atoms. The lowest BCUT2D eigenvalue weighted by Gasteiger charge is -2.09. The van der Waals surface area contributed by atoms with Crippen LogP contribution in [0.5, 0.6) is 0 Å². The fraction of sp³-hybridized carbons (Fsp3) is 0.333. The van der Waals surface area contributed by atoms with Gasteiger partial charge in [-0.25, -0.2) is 0 Å². The summed E-state index contributed by atoms with van der Waals surface area (Å²) in [4.78, 5) is 22.5. The van der Waals surface area contributed by atoms with E-state index in [9.17, 15) is 9.59 Å². The van der Waals surface area contributed by atoms with Gasteiger partial charge in [0.25, 0.3) is 0 Å². The van der Waals surface area contributed by atoms with Crippen LogP contribution in [0.4, 0.5) is 0 Å². The van der Waals surface area contributed by atoms with Crippen LogP contribution in [0.25, 0.3) is 0 Å². The molecule has 0 amide bonds. The zero-order valence-corrected chi connectivity index (χ0v) is 10.4. The van der Waals surface area contributed by atoms with Gasteiger partial charge in [-0.3, -0.25) is 9.59 Å². The van der Waals surface area contributed by atoms with Crippen molar-refractivity contribution in [2.75, 3.05) is 0 Å². The standard InChI is InChI=1S/C12H13BrO2/c1-3-9-5-4-6-10(11(9)7-14)12(15)8(2)13/h4-8H,3H2,1-2H3. The van der Waals surface area contributed by atoms with E-state index in [1.807, 2.05) is 19.1 Å². The van der Waals surface area contributed by atoms with Gasteiger partial charge >= 0.3 is 0 Å². The minimum atomic E-state index is -0.261. The fourth-order valence-electron chi connectivity index (χ4n) is 1.49. The van der Waals surface area contributed by atoms with Gasteiger partial charge in [0.05, 0.1) is 4.83 Å². The molecule has 0 aliphatic rings. The highest BCUT2D eigenvalue weighted by Crippen LogP contribution is 2.17. The Hall–Kier alpha value is -0.960. The van der Waals surface area contributed by atoms with Crippen molar-refractivity contribution >= 4 is 28.0 Å². The molecule has 0 saturated heterocycles. The molecule has 0 radical (unpaired) electrons. The Labute approximate surface area is 97.8 Å². The molecule has 0 fully saturated rings. The Bertz CT molecular complexity index is 383. The van der Waals surface area contributed by atoms with Gasteiger partial charge in [-0.2, -0.15) is 0 Å². The maximum atomic E-state index is 11.8. The fourth-order valence-corrected chi connectivity index (χ4v) is 1.74. The molecule has 0 saturated carbocycles. The highest BCUT2D eigenvalue weighted by molar-refractivity contribution is 9.10. The molecule has 15 heavy (non-hydrogen) atoms. The van der Waals surface area contributed by atoms with Crippen LogP contribution in [-0.2, 0) is 6.42 Å². The number of rotatable bonds is 4. The van der Waals surface area contributed by atoms with E-state index in [1.54, 1.807) is 13.0 Å². The second-order valence-electron chi connectivity index (χ2n) is 3.33. The number of halogens is 1. The molecule has 1 unspecified atom stereocenters. The second-order valence-corrected chi connectivity index (χ2v) is 4.70. The normalized spacial score (nSPS) is 12.2. The smallest absolute Gasteiger partial charge is 0.176 e. The summed E-state index contributed by atoms with van der Waals surface area (Å²) < 4.78 is 0. The molecular formula is C12H13BrO2. The number of hydrogen-bond donors (Lipinski definition) is 0. The number of hydrogen-bond acceptors (Lipinski definition) is 2. The predicted octanol–water partition coefficient (Wildman–Crippen LogP) is 3.03. The lowest BCUT2D eigenvalue weighted by molar-refractivity contribution is 0.0988. The van der Waals surface area contributed by atoms with Crippen molar-refractivity contribution < 1.29 is 9.59 Å². The predicted molar refractivity (Wildman–Crippen MR) is 63.9 cm³/mol. The van der Waals surface area contributed by atoms with E-state index in [4.69, 9.17) is 0 Å². The summed E-state index contributed by atoms with van der Waals surface area (Å²) in [5, 5.41) is 0. The number of benzene rings is 1. The van der Waals surface area contributed by atoms with Crippen LogP contribution < -0.4 is 0 Å². The van der Waals surface area contributed by atoms with Gasteiger partial charge in [-0.15, -0.1) is 0 Å². The largest absolute Gasteiger partial charge is 0.298 e. The van der Waals surface area contributed by atoms with Gasteiger partial charge in [-0.1, -0.05) is 41.1 Å². The maximum Gasteiger partial charge on any atom is 0.176 e. The molecule has 2 nitrogen and oxygen atoms in total. The van der Waals surface area contributed by atoms with E-state index in [2.05, 4.69) is 15.9 Å². The molecule has 0 aliphatic carbocycles. The minimum Gasteiger partial charge on any atom is -0.298 e. The molecule has 1 aromatic carbocycles. The summed E-state index contributed by atoms with van der Waals surface area (Å²) >= 11 is 3.22. The molecule has 1 aromatic rings. The maximum absolute atomic E-state index is 11.8.